The van der Waals surface area contributed by atoms with Gasteiger partial charge in [-0.25, -0.2) is 0 Å². The number of hydrogen-bond acceptors (Lipinski definition) is 5. The Bertz CT molecular complexity index is 1020. The van der Waals surface area contributed by atoms with E-state index in [-0.39, 0.29) is 16.5 Å². The maximum atomic E-state index is 12.8. The van der Waals surface area contributed by atoms with Crippen molar-refractivity contribution in [3.8, 4) is 11.4 Å². The van der Waals surface area contributed by atoms with Crippen molar-refractivity contribution in [3.63, 3.8) is 0 Å². The lowest BCUT2D eigenvalue weighted by Crippen LogP contribution is -2.13. The largest absolute Gasteiger partial charge is 0.433 e. The summed E-state index contributed by atoms with van der Waals surface area (Å²) in [7, 11) is 1.04. The van der Waals surface area contributed by atoms with Crippen LogP contribution in [-0.2, 0) is 19.4 Å². The first-order chi connectivity index (χ1) is 12.9. The van der Waals surface area contributed by atoms with Crippen LogP contribution < -0.4 is 5.32 Å². The third-order valence-corrected chi connectivity index (χ3v) is 4.13. The number of halogens is 6. The molecular formula is C15H9F6N5OS. The molecule has 0 atom stereocenters. The summed E-state index contributed by atoms with van der Waals surface area (Å²) in [6, 6.07) is 4.85. The van der Waals surface area contributed by atoms with Crippen LogP contribution in [0.3, 0.4) is 0 Å². The summed E-state index contributed by atoms with van der Waals surface area (Å²) in [6.45, 7) is 0. The Hall–Kier alpha value is -2.96. The van der Waals surface area contributed by atoms with E-state index in [2.05, 4.69) is 19.8 Å². The zero-order valence-corrected chi connectivity index (χ0v) is 14.6. The van der Waals surface area contributed by atoms with Gasteiger partial charge in [-0.15, -0.1) is 0 Å². The molecule has 1 amide bonds. The summed E-state index contributed by atoms with van der Waals surface area (Å²) < 4.78 is 81.0. The van der Waals surface area contributed by atoms with Crippen molar-refractivity contribution in [1.82, 2.24) is 19.1 Å². The highest BCUT2D eigenvalue weighted by Gasteiger charge is 2.36. The van der Waals surface area contributed by atoms with E-state index in [0.717, 1.165) is 19.2 Å². The number of aryl methyl sites for hydroxylation is 1. The van der Waals surface area contributed by atoms with Crippen LogP contribution in [-0.4, -0.2) is 25.0 Å². The third-order valence-electron chi connectivity index (χ3n) is 3.50. The van der Waals surface area contributed by atoms with E-state index < -0.39 is 35.2 Å². The standard InChI is InChI=1S/C15H9F6N5OS/c1-26-10(15(19,20)21)6-9(24-26)12(27)23-13-22-11(25-28-13)7-3-2-4-8(5-7)14(16,17)18/h2-6H,1H3,(H,22,23,25,27). The minimum Gasteiger partial charge on any atom is -0.295 e. The summed E-state index contributed by atoms with van der Waals surface area (Å²) in [5, 5.41) is 5.62. The van der Waals surface area contributed by atoms with Gasteiger partial charge in [0.2, 0.25) is 5.13 Å². The lowest BCUT2D eigenvalue weighted by molar-refractivity contribution is -0.143. The predicted molar refractivity (Wildman–Crippen MR) is 86.5 cm³/mol. The number of amides is 1. The number of alkyl halides is 6. The van der Waals surface area contributed by atoms with Gasteiger partial charge in [0.1, 0.15) is 5.69 Å². The van der Waals surface area contributed by atoms with Gasteiger partial charge in [0.05, 0.1) is 5.56 Å². The number of nitrogens with one attached hydrogen (secondary N) is 1. The molecule has 0 fully saturated rings. The molecule has 0 saturated heterocycles. The fourth-order valence-corrected chi connectivity index (χ4v) is 2.82. The van der Waals surface area contributed by atoms with Crippen molar-refractivity contribution < 1.29 is 31.1 Å². The number of carbonyl (C=O) groups is 1. The molecule has 28 heavy (non-hydrogen) atoms. The van der Waals surface area contributed by atoms with Crippen LogP contribution in [0.2, 0.25) is 0 Å². The summed E-state index contributed by atoms with van der Waals surface area (Å²) in [4.78, 5) is 16.0. The van der Waals surface area contributed by atoms with Gasteiger partial charge in [-0.05, 0) is 12.1 Å². The Balaban J connectivity index is 1.79. The van der Waals surface area contributed by atoms with Crippen molar-refractivity contribution in [2.75, 3.05) is 5.32 Å². The zero-order valence-electron chi connectivity index (χ0n) is 13.8. The number of nitrogens with zero attached hydrogens (tertiary/aromatic N) is 4. The van der Waals surface area contributed by atoms with E-state index in [1.165, 1.54) is 12.1 Å². The molecule has 1 N–H and O–H groups in total. The molecule has 13 heteroatoms. The summed E-state index contributed by atoms with van der Waals surface area (Å²) >= 11 is 0.666. The number of benzene rings is 1. The van der Waals surface area contributed by atoms with E-state index in [9.17, 15) is 31.1 Å². The number of hydrogen-bond donors (Lipinski definition) is 1. The van der Waals surface area contributed by atoms with Gasteiger partial charge in [0, 0.05) is 30.2 Å². The van der Waals surface area contributed by atoms with Crippen LogP contribution in [0.5, 0.6) is 0 Å². The van der Waals surface area contributed by atoms with Crippen molar-refractivity contribution >= 4 is 22.6 Å². The van der Waals surface area contributed by atoms with Crippen molar-refractivity contribution in [2.45, 2.75) is 12.4 Å². The van der Waals surface area contributed by atoms with Crippen molar-refractivity contribution in [2.24, 2.45) is 7.05 Å². The van der Waals surface area contributed by atoms with Crippen LogP contribution in [0.25, 0.3) is 11.4 Å². The summed E-state index contributed by atoms with van der Waals surface area (Å²) in [5.74, 6) is -1.03. The second kappa shape index (κ2) is 6.89. The summed E-state index contributed by atoms with van der Waals surface area (Å²) in [5.41, 5.74) is -2.42. The topological polar surface area (TPSA) is 72.7 Å². The Morgan fingerprint density at radius 2 is 1.82 bits per heavy atom. The average molecular weight is 421 g/mol. The van der Waals surface area contributed by atoms with Gasteiger partial charge < -0.3 is 0 Å². The van der Waals surface area contributed by atoms with Crippen LogP contribution in [0, 0.1) is 0 Å². The molecule has 0 aliphatic carbocycles. The molecular weight excluding hydrogens is 412 g/mol. The van der Waals surface area contributed by atoms with Gasteiger partial charge in [-0.2, -0.15) is 40.8 Å². The van der Waals surface area contributed by atoms with Gasteiger partial charge in [-0.3, -0.25) is 14.8 Å². The molecule has 1 aromatic carbocycles. The number of anilines is 1. The van der Waals surface area contributed by atoms with Crippen LogP contribution in [0.1, 0.15) is 21.7 Å². The quantitative estimate of drug-likeness (QED) is 0.643. The molecule has 0 aliphatic heterocycles. The number of rotatable bonds is 3. The molecule has 2 aromatic heterocycles. The highest BCUT2D eigenvalue weighted by molar-refractivity contribution is 7.10. The van der Waals surface area contributed by atoms with E-state index in [1.807, 2.05) is 0 Å². The summed E-state index contributed by atoms with van der Waals surface area (Å²) in [6.07, 6.45) is -9.22. The minimum absolute atomic E-state index is 0.0663. The van der Waals surface area contributed by atoms with Crippen LogP contribution in [0.15, 0.2) is 30.3 Å². The number of carbonyl (C=O) groups excluding carboxylic acids is 1. The van der Waals surface area contributed by atoms with Gasteiger partial charge in [-0.1, -0.05) is 12.1 Å². The molecule has 2 heterocycles. The lowest BCUT2D eigenvalue weighted by atomic mass is 10.1. The second-order valence-corrected chi connectivity index (χ2v) is 6.24. The Morgan fingerprint density at radius 3 is 2.43 bits per heavy atom. The monoisotopic (exact) mass is 421 g/mol. The van der Waals surface area contributed by atoms with E-state index in [4.69, 9.17) is 0 Å². The molecule has 0 radical (unpaired) electrons. The molecule has 148 valence electrons. The fraction of sp³-hybridized carbons (Fsp3) is 0.200. The van der Waals surface area contributed by atoms with Crippen LogP contribution >= 0.6 is 11.5 Å². The molecule has 3 aromatic rings. The van der Waals surface area contributed by atoms with Gasteiger partial charge in [0.25, 0.3) is 5.91 Å². The maximum absolute atomic E-state index is 12.8. The minimum atomic E-state index is -4.68. The van der Waals surface area contributed by atoms with Gasteiger partial charge in [0.15, 0.2) is 11.5 Å². The molecule has 0 spiro atoms. The molecule has 6 nitrogen and oxygen atoms in total. The SMILES string of the molecule is Cn1nc(C(=O)Nc2nc(-c3cccc(C(F)(F)F)c3)ns2)cc1C(F)(F)F. The molecule has 0 unspecified atom stereocenters. The highest BCUT2D eigenvalue weighted by atomic mass is 32.1. The van der Waals surface area contributed by atoms with Crippen LogP contribution in [0.4, 0.5) is 31.5 Å². The van der Waals surface area contributed by atoms with Crippen molar-refractivity contribution in [1.29, 1.82) is 0 Å². The van der Waals surface area contributed by atoms with Gasteiger partial charge >= 0.3 is 12.4 Å². The molecule has 0 saturated carbocycles. The maximum Gasteiger partial charge on any atom is 0.433 e. The Kier molecular flexibility index (Phi) is 4.87. The second-order valence-electron chi connectivity index (χ2n) is 5.49. The van der Waals surface area contributed by atoms with E-state index in [1.54, 1.807) is 0 Å². The first-order valence-corrected chi connectivity index (χ1v) is 8.16. The predicted octanol–water partition coefficient (Wildman–Crippen LogP) is 4.23. The first kappa shape index (κ1) is 19.8. The Labute approximate surface area is 157 Å². The smallest absolute Gasteiger partial charge is 0.295 e. The normalized spacial score (nSPS) is 12.2. The van der Waals surface area contributed by atoms with Crippen molar-refractivity contribution in [3.05, 3.63) is 47.3 Å². The zero-order chi connectivity index (χ0) is 20.7. The average Bonchev–Trinajstić information content (AvgIpc) is 3.20. The molecule has 0 bridgehead atoms. The fourth-order valence-electron chi connectivity index (χ4n) is 2.23. The highest BCUT2D eigenvalue weighted by Crippen LogP contribution is 2.32. The van der Waals surface area contributed by atoms with E-state index >= 15 is 0 Å². The van der Waals surface area contributed by atoms with E-state index in [0.29, 0.717) is 22.3 Å². The Morgan fingerprint density at radius 1 is 1.11 bits per heavy atom. The molecule has 0 aliphatic rings. The third kappa shape index (κ3) is 4.13. The number of aromatic nitrogens is 4. The first-order valence-electron chi connectivity index (χ1n) is 7.39. The molecule has 3 rings (SSSR count). The lowest BCUT2D eigenvalue weighted by Gasteiger charge is -2.06.